The van der Waals surface area contributed by atoms with Crippen LogP contribution >= 0.6 is 23.2 Å². The van der Waals surface area contributed by atoms with Gasteiger partial charge < -0.3 is 5.21 Å². The van der Waals surface area contributed by atoms with Gasteiger partial charge in [-0.1, -0.05) is 28.9 Å². The smallest absolute Gasteiger partial charge is 0.0997 e. The standard InChI is InChI=1S/C9H9Cl2NO/c1-6(12-13)9(11)7-2-4-8(10)5-3-7/h2-5,9,13H,1H3/b12-6+. The highest BCUT2D eigenvalue weighted by atomic mass is 35.5. The fourth-order valence-electron chi connectivity index (χ4n) is 0.924. The molecule has 0 bridgehead atoms. The quantitative estimate of drug-likeness (QED) is 0.350. The molecular weight excluding hydrogens is 209 g/mol. The Labute approximate surface area is 86.8 Å². The molecule has 13 heavy (non-hydrogen) atoms. The fourth-order valence-corrected chi connectivity index (χ4v) is 1.24. The predicted octanol–water partition coefficient (Wildman–Crippen LogP) is 3.47. The maximum absolute atomic E-state index is 8.50. The highest BCUT2D eigenvalue weighted by molar-refractivity contribution is 6.32. The van der Waals surface area contributed by atoms with Crippen molar-refractivity contribution >= 4 is 28.9 Å². The number of nitrogens with zero attached hydrogens (tertiary/aromatic N) is 1. The molecule has 0 aliphatic heterocycles. The van der Waals surface area contributed by atoms with E-state index in [4.69, 9.17) is 28.4 Å². The normalized spacial score (nSPS) is 14.2. The van der Waals surface area contributed by atoms with Crippen molar-refractivity contribution < 1.29 is 5.21 Å². The molecule has 0 radical (unpaired) electrons. The monoisotopic (exact) mass is 217 g/mol. The number of alkyl halides is 1. The van der Waals surface area contributed by atoms with Crippen LogP contribution in [-0.4, -0.2) is 10.9 Å². The minimum Gasteiger partial charge on any atom is -0.411 e. The van der Waals surface area contributed by atoms with Gasteiger partial charge in [0.2, 0.25) is 0 Å². The van der Waals surface area contributed by atoms with E-state index in [-0.39, 0.29) is 0 Å². The molecule has 4 heteroatoms. The zero-order valence-corrected chi connectivity index (χ0v) is 8.55. The van der Waals surface area contributed by atoms with Crippen LogP contribution in [0, 0.1) is 0 Å². The molecule has 0 aromatic heterocycles. The first-order valence-electron chi connectivity index (χ1n) is 3.73. The summed E-state index contributed by atoms with van der Waals surface area (Å²) in [6.07, 6.45) is 0. The summed E-state index contributed by atoms with van der Waals surface area (Å²) in [6, 6.07) is 7.09. The molecule has 1 aromatic carbocycles. The lowest BCUT2D eigenvalue weighted by atomic mass is 10.1. The lowest BCUT2D eigenvalue weighted by Crippen LogP contribution is -2.01. The molecule has 1 aromatic rings. The Hall–Kier alpha value is -0.730. The number of hydrogen-bond acceptors (Lipinski definition) is 2. The number of hydrogen-bond donors (Lipinski definition) is 1. The maximum atomic E-state index is 8.50. The Bertz CT molecular complexity index is 308. The minimum atomic E-state index is -0.401. The van der Waals surface area contributed by atoms with Crippen molar-refractivity contribution in [3.8, 4) is 0 Å². The van der Waals surface area contributed by atoms with E-state index >= 15 is 0 Å². The van der Waals surface area contributed by atoms with Crippen LogP contribution in [0.4, 0.5) is 0 Å². The van der Waals surface area contributed by atoms with Crippen molar-refractivity contribution in [3.63, 3.8) is 0 Å². The van der Waals surface area contributed by atoms with Crippen molar-refractivity contribution in [2.45, 2.75) is 12.3 Å². The average molecular weight is 218 g/mol. The van der Waals surface area contributed by atoms with Crippen molar-refractivity contribution in [2.24, 2.45) is 5.16 Å². The molecule has 1 rings (SSSR count). The Kier molecular flexibility index (Phi) is 3.58. The van der Waals surface area contributed by atoms with Gasteiger partial charge in [-0.25, -0.2) is 0 Å². The number of halogens is 2. The minimum absolute atomic E-state index is 0.401. The van der Waals surface area contributed by atoms with E-state index in [0.717, 1.165) is 5.56 Å². The second kappa shape index (κ2) is 4.49. The van der Waals surface area contributed by atoms with E-state index in [0.29, 0.717) is 10.7 Å². The first-order chi connectivity index (χ1) is 6.15. The van der Waals surface area contributed by atoms with Gasteiger partial charge in [0.1, 0.15) is 0 Å². The van der Waals surface area contributed by atoms with Crippen LogP contribution in [0.3, 0.4) is 0 Å². The summed E-state index contributed by atoms with van der Waals surface area (Å²) in [7, 11) is 0. The highest BCUT2D eigenvalue weighted by Crippen LogP contribution is 2.23. The summed E-state index contributed by atoms with van der Waals surface area (Å²) < 4.78 is 0. The summed E-state index contributed by atoms with van der Waals surface area (Å²) >= 11 is 11.7. The third-order valence-electron chi connectivity index (χ3n) is 1.69. The Morgan fingerprint density at radius 1 is 1.38 bits per heavy atom. The van der Waals surface area contributed by atoms with Crippen molar-refractivity contribution in [1.29, 1.82) is 0 Å². The molecule has 0 aliphatic carbocycles. The van der Waals surface area contributed by atoms with Crippen molar-refractivity contribution in [2.75, 3.05) is 0 Å². The zero-order chi connectivity index (χ0) is 9.84. The van der Waals surface area contributed by atoms with Crippen LogP contribution in [0.1, 0.15) is 17.9 Å². The SMILES string of the molecule is C/C(=N\O)C(Cl)c1ccc(Cl)cc1. The maximum Gasteiger partial charge on any atom is 0.0997 e. The van der Waals surface area contributed by atoms with Crippen molar-refractivity contribution in [1.82, 2.24) is 0 Å². The van der Waals surface area contributed by atoms with Gasteiger partial charge in [-0.3, -0.25) is 0 Å². The van der Waals surface area contributed by atoms with Gasteiger partial charge in [0.25, 0.3) is 0 Å². The van der Waals surface area contributed by atoms with Crippen LogP contribution in [0.2, 0.25) is 5.02 Å². The molecule has 0 saturated carbocycles. The first-order valence-corrected chi connectivity index (χ1v) is 4.54. The highest BCUT2D eigenvalue weighted by Gasteiger charge is 2.11. The topological polar surface area (TPSA) is 32.6 Å². The second-order valence-electron chi connectivity index (χ2n) is 2.66. The first kappa shape index (κ1) is 10.4. The van der Waals surface area contributed by atoms with Gasteiger partial charge in [-0.2, -0.15) is 0 Å². The molecule has 0 fully saturated rings. The third-order valence-corrected chi connectivity index (χ3v) is 2.51. The average Bonchev–Trinajstić information content (AvgIpc) is 2.17. The molecule has 1 N–H and O–H groups in total. The number of oxime groups is 1. The lowest BCUT2D eigenvalue weighted by molar-refractivity contribution is 0.317. The molecule has 1 unspecified atom stereocenters. The summed E-state index contributed by atoms with van der Waals surface area (Å²) in [5.74, 6) is 0. The van der Waals surface area contributed by atoms with Crippen LogP contribution in [0.15, 0.2) is 29.4 Å². The zero-order valence-electron chi connectivity index (χ0n) is 7.04. The van der Waals surface area contributed by atoms with E-state index in [1.165, 1.54) is 0 Å². The lowest BCUT2D eigenvalue weighted by Gasteiger charge is -2.07. The van der Waals surface area contributed by atoms with Gasteiger partial charge in [0.15, 0.2) is 0 Å². The summed E-state index contributed by atoms with van der Waals surface area (Å²) in [5, 5.41) is 11.8. The molecule has 70 valence electrons. The van der Waals surface area contributed by atoms with E-state index in [1.807, 2.05) is 0 Å². The molecule has 0 saturated heterocycles. The van der Waals surface area contributed by atoms with Crippen LogP contribution in [0.5, 0.6) is 0 Å². The summed E-state index contributed by atoms with van der Waals surface area (Å²) in [4.78, 5) is 0. The van der Waals surface area contributed by atoms with Gasteiger partial charge in [-0.05, 0) is 24.6 Å². The number of benzene rings is 1. The molecule has 2 nitrogen and oxygen atoms in total. The van der Waals surface area contributed by atoms with Gasteiger partial charge in [0.05, 0.1) is 11.1 Å². The third kappa shape index (κ3) is 2.61. The fraction of sp³-hybridized carbons (Fsp3) is 0.222. The second-order valence-corrected chi connectivity index (χ2v) is 3.53. The molecular formula is C9H9Cl2NO. The van der Waals surface area contributed by atoms with Crippen LogP contribution in [0.25, 0.3) is 0 Å². The largest absolute Gasteiger partial charge is 0.411 e. The molecule has 1 atom stereocenters. The van der Waals surface area contributed by atoms with Gasteiger partial charge in [0, 0.05) is 5.02 Å². The Balaban J connectivity index is 2.89. The number of rotatable bonds is 2. The van der Waals surface area contributed by atoms with E-state index in [1.54, 1.807) is 31.2 Å². The van der Waals surface area contributed by atoms with E-state index in [2.05, 4.69) is 5.16 Å². The molecule has 0 heterocycles. The van der Waals surface area contributed by atoms with Gasteiger partial charge in [-0.15, -0.1) is 11.6 Å². The summed E-state index contributed by atoms with van der Waals surface area (Å²) in [5.41, 5.74) is 1.32. The summed E-state index contributed by atoms with van der Waals surface area (Å²) in [6.45, 7) is 1.66. The van der Waals surface area contributed by atoms with Crippen LogP contribution < -0.4 is 0 Å². The molecule has 0 spiro atoms. The van der Waals surface area contributed by atoms with Crippen LogP contribution in [-0.2, 0) is 0 Å². The molecule has 0 amide bonds. The Morgan fingerprint density at radius 2 is 1.92 bits per heavy atom. The molecule has 0 aliphatic rings. The van der Waals surface area contributed by atoms with Gasteiger partial charge >= 0.3 is 0 Å². The predicted molar refractivity (Wildman–Crippen MR) is 54.9 cm³/mol. The van der Waals surface area contributed by atoms with Crippen molar-refractivity contribution in [3.05, 3.63) is 34.9 Å². The Morgan fingerprint density at radius 3 is 2.38 bits per heavy atom. The van der Waals surface area contributed by atoms with E-state index < -0.39 is 5.38 Å². The van der Waals surface area contributed by atoms with E-state index in [9.17, 15) is 0 Å².